The molecule has 0 fully saturated rings. The van der Waals surface area contributed by atoms with Gasteiger partial charge in [0, 0.05) is 49.1 Å². The zero-order chi connectivity index (χ0) is 35.7. The Bertz CT molecular complexity index is 3340. The van der Waals surface area contributed by atoms with Crippen molar-refractivity contribution in [3.63, 3.8) is 0 Å². The Hall–Kier alpha value is -6.84. The second kappa shape index (κ2) is 10.6. The van der Waals surface area contributed by atoms with Gasteiger partial charge in [0.15, 0.2) is 0 Å². The molecule has 254 valence electrons. The molecule has 0 radical (unpaired) electrons. The van der Waals surface area contributed by atoms with Gasteiger partial charge in [-0.1, -0.05) is 117 Å². The van der Waals surface area contributed by atoms with Crippen LogP contribution in [0.5, 0.6) is 0 Å². The maximum Gasteiger partial charge on any atom is 0.136 e. The van der Waals surface area contributed by atoms with Gasteiger partial charge in [-0.2, -0.15) is 0 Å². The van der Waals surface area contributed by atoms with E-state index in [2.05, 4.69) is 187 Å². The minimum atomic E-state index is -0.0660. The van der Waals surface area contributed by atoms with Crippen LogP contribution >= 0.6 is 0 Å². The van der Waals surface area contributed by atoms with Crippen molar-refractivity contribution in [2.75, 3.05) is 0 Å². The monoisotopic (exact) mass is 690 g/mol. The van der Waals surface area contributed by atoms with E-state index in [1.54, 1.807) is 0 Å². The van der Waals surface area contributed by atoms with E-state index in [-0.39, 0.29) is 5.41 Å². The summed E-state index contributed by atoms with van der Waals surface area (Å²) in [7, 11) is 0. The second-order valence-electron chi connectivity index (χ2n) is 15.3. The molecule has 54 heavy (non-hydrogen) atoms. The van der Waals surface area contributed by atoms with Crippen LogP contribution in [0.15, 0.2) is 174 Å². The number of para-hydroxylation sites is 3. The van der Waals surface area contributed by atoms with Crippen LogP contribution in [0.2, 0.25) is 0 Å². The fraction of sp³-hybridized carbons (Fsp3) is 0.0588. The first kappa shape index (κ1) is 29.7. The molecule has 0 spiro atoms. The van der Waals surface area contributed by atoms with Gasteiger partial charge in [-0.25, -0.2) is 0 Å². The fourth-order valence-electron chi connectivity index (χ4n) is 9.61. The van der Waals surface area contributed by atoms with Crippen LogP contribution in [-0.2, 0) is 5.41 Å². The van der Waals surface area contributed by atoms with Crippen LogP contribution in [0.25, 0.3) is 99.2 Å². The molecule has 0 unspecified atom stereocenters. The third-order valence-electron chi connectivity index (χ3n) is 12.1. The Morgan fingerprint density at radius 3 is 1.85 bits per heavy atom. The molecule has 0 bridgehead atoms. The molecule has 0 saturated heterocycles. The molecule has 0 saturated carbocycles. The average Bonchev–Trinajstić information content (AvgIpc) is 3.92. The maximum absolute atomic E-state index is 6.43. The Balaban J connectivity index is 1.13. The predicted octanol–water partition coefficient (Wildman–Crippen LogP) is 13.8. The second-order valence-corrected chi connectivity index (χ2v) is 15.3. The number of furan rings is 1. The maximum atomic E-state index is 6.43. The van der Waals surface area contributed by atoms with Crippen LogP contribution in [-0.4, -0.2) is 9.13 Å². The molecule has 1 aliphatic rings. The van der Waals surface area contributed by atoms with E-state index >= 15 is 0 Å². The first-order valence-corrected chi connectivity index (χ1v) is 18.8. The van der Waals surface area contributed by atoms with Gasteiger partial charge in [0.05, 0.1) is 22.1 Å². The summed E-state index contributed by atoms with van der Waals surface area (Å²) < 4.78 is 11.3. The molecule has 0 N–H and O–H groups in total. The van der Waals surface area contributed by atoms with E-state index in [1.165, 1.54) is 77.0 Å². The number of hydrogen-bond acceptors (Lipinski definition) is 1. The van der Waals surface area contributed by atoms with Crippen LogP contribution in [0, 0.1) is 0 Å². The molecule has 3 heteroatoms. The number of benzene rings is 8. The van der Waals surface area contributed by atoms with Crippen LogP contribution < -0.4 is 0 Å². The van der Waals surface area contributed by atoms with Crippen molar-refractivity contribution in [3.05, 3.63) is 181 Å². The number of fused-ring (bicyclic) bond motifs is 13. The smallest absolute Gasteiger partial charge is 0.136 e. The van der Waals surface area contributed by atoms with Crippen LogP contribution in [0.4, 0.5) is 0 Å². The van der Waals surface area contributed by atoms with Crippen molar-refractivity contribution >= 4 is 65.6 Å². The summed E-state index contributed by atoms with van der Waals surface area (Å²) in [6.07, 6.45) is 0. The molecule has 11 aromatic rings. The normalized spacial score (nSPS) is 13.5. The lowest BCUT2D eigenvalue weighted by Crippen LogP contribution is -2.14. The third kappa shape index (κ3) is 3.91. The van der Waals surface area contributed by atoms with Crippen molar-refractivity contribution in [1.29, 1.82) is 0 Å². The van der Waals surface area contributed by atoms with Crippen molar-refractivity contribution < 1.29 is 4.42 Å². The Labute approximate surface area is 311 Å². The van der Waals surface area contributed by atoms with Gasteiger partial charge in [0.25, 0.3) is 0 Å². The summed E-state index contributed by atoms with van der Waals surface area (Å²) in [4.78, 5) is 0. The third-order valence-corrected chi connectivity index (χ3v) is 12.1. The SMILES string of the molecule is CC1(C)c2ccccc2-c2c1ccc1c2c2ccc(-c3ccc4c(c3)c3cc5oc6ccccc6c5cc3n4-c3ccccc3)cc2n1-c1ccccc1. The van der Waals surface area contributed by atoms with E-state index in [0.717, 1.165) is 33.3 Å². The van der Waals surface area contributed by atoms with Gasteiger partial charge in [-0.05, 0) is 100 Å². The fourth-order valence-corrected chi connectivity index (χ4v) is 9.61. The number of hydrogen-bond donors (Lipinski definition) is 0. The van der Waals surface area contributed by atoms with Crippen molar-refractivity contribution in [3.8, 4) is 33.6 Å². The summed E-state index contributed by atoms with van der Waals surface area (Å²) >= 11 is 0. The van der Waals surface area contributed by atoms with Gasteiger partial charge >= 0.3 is 0 Å². The largest absolute Gasteiger partial charge is 0.456 e. The summed E-state index contributed by atoms with van der Waals surface area (Å²) in [5.41, 5.74) is 16.7. The Morgan fingerprint density at radius 1 is 0.407 bits per heavy atom. The molecule has 12 rings (SSSR count). The van der Waals surface area contributed by atoms with Gasteiger partial charge in [-0.3, -0.25) is 0 Å². The van der Waals surface area contributed by atoms with Crippen molar-refractivity contribution in [2.24, 2.45) is 0 Å². The molecule has 0 amide bonds. The highest BCUT2D eigenvalue weighted by Crippen LogP contribution is 2.53. The molecular formula is C51H34N2O. The summed E-state index contributed by atoms with van der Waals surface area (Å²) in [5, 5.41) is 7.26. The number of rotatable bonds is 3. The number of nitrogens with zero attached hydrogens (tertiary/aromatic N) is 2. The molecule has 0 aliphatic heterocycles. The molecule has 3 heterocycles. The van der Waals surface area contributed by atoms with Crippen molar-refractivity contribution in [2.45, 2.75) is 19.3 Å². The summed E-state index contributed by atoms with van der Waals surface area (Å²) in [6.45, 7) is 4.73. The van der Waals surface area contributed by atoms with Gasteiger partial charge in [-0.15, -0.1) is 0 Å². The van der Waals surface area contributed by atoms with Crippen LogP contribution in [0.1, 0.15) is 25.0 Å². The first-order valence-electron chi connectivity index (χ1n) is 18.8. The molecule has 0 atom stereocenters. The standard InChI is InChI=1S/C51H34N2O/c1-51(2)41-19-11-9-18-36(41)49-42(51)24-26-44-50(49)37-23-21-32(28-45(37)53(44)34-15-7-4-8-16-34)31-22-25-43-38(27-31)39-30-48-40(35-17-10-12-20-47(35)54-48)29-46(39)52(43)33-13-5-3-6-14-33/h3-30H,1-2H3. The van der Waals surface area contributed by atoms with E-state index < -0.39 is 0 Å². The van der Waals surface area contributed by atoms with E-state index in [9.17, 15) is 0 Å². The minimum absolute atomic E-state index is 0.0660. The lowest BCUT2D eigenvalue weighted by Gasteiger charge is -2.21. The lowest BCUT2D eigenvalue weighted by atomic mass is 9.82. The quantitative estimate of drug-likeness (QED) is 0.181. The van der Waals surface area contributed by atoms with Crippen LogP contribution in [0.3, 0.4) is 0 Å². The van der Waals surface area contributed by atoms with Gasteiger partial charge in [0.1, 0.15) is 11.2 Å². The summed E-state index contributed by atoms with van der Waals surface area (Å²) in [5.74, 6) is 0. The van der Waals surface area contributed by atoms with E-state index in [0.29, 0.717) is 0 Å². The Kier molecular flexibility index (Phi) is 5.84. The molecular weight excluding hydrogens is 657 g/mol. The summed E-state index contributed by atoms with van der Waals surface area (Å²) in [6, 6.07) is 62.1. The van der Waals surface area contributed by atoms with Gasteiger partial charge in [0.2, 0.25) is 0 Å². The highest BCUT2D eigenvalue weighted by molar-refractivity contribution is 6.20. The molecule has 1 aliphatic carbocycles. The topological polar surface area (TPSA) is 23.0 Å². The Morgan fingerprint density at radius 2 is 1.04 bits per heavy atom. The van der Waals surface area contributed by atoms with E-state index in [4.69, 9.17) is 4.42 Å². The molecule has 3 aromatic heterocycles. The lowest BCUT2D eigenvalue weighted by molar-refractivity contribution is 0.661. The molecule has 3 nitrogen and oxygen atoms in total. The highest BCUT2D eigenvalue weighted by atomic mass is 16.3. The minimum Gasteiger partial charge on any atom is -0.456 e. The zero-order valence-electron chi connectivity index (χ0n) is 30.0. The number of aromatic nitrogens is 2. The van der Waals surface area contributed by atoms with E-state index in [1.807, 2.05) is 6.07 Å². The van der Waals surface area contributed by atoms with Gasteiger partial charge < -0.3 is 13.6 Å². The first-order chi connectivity index (χ1) is 26.5. The zero-order valence-corrected chi connectivity index (χ0v) is 30.0. The predicted molar refractivity (Wildman–Crippen MR) is 225 cm³/mol. The molecule has 8 aromatic carbocycles. The highest BCUT2D eigenvalue weighted by Gasteiger charge is 2.37. The average molecular weight is 691 g/mol. The van der Waals surface area contributed by atoms with Crippen molar-refractivity contribution in [1.82, 2.24) is 9.13 Å².